The first kappa shape index (κ1) is 20.3. The van der Waals surface area contributed by atoms with Crippen LogP contribution in [0, 0.1) is 18.3 Å². The first-order valence-electron chi connectivity index (χ1n) is 10.3. The lowest BCUT2D eigenvalue weighted by Crippen LogP contribution is -2.41. The number of rotatable bonds is 5. The molecule has 0 amide bonds. The molecule has 0 aromatic heterocycles. The number of benzene rings is 3. The van der Waals surface area contributed by atoms with Crippen molar-refractivity contribution >= 4 is 18.8 Å². The second kappa shape index (κ2) is 8.78. The van der Waals surface area contributed by atoms with E-state index in [1.54, 1.807) is 0 Å². The van der Waals surface area contributed by atoms with Crippen molar-refractivity contribution in [1.29, 1.82) is 5.26 Å². The molecule has 1 saturated heterocycles. The van der Waals surface area contributed by atoms with Gasteiger partial charge in [-0.15, -0.1) is 0 Å². The van der Waals surface area contributed by atoms with E-state index in [0.29, 0.717) is 13.1 Å². The zero-order valence-corrected chi connectivity index (χ0v) is 18.1. The molecule has 0 saturated carbocycles. The highest BCUT2D eigenvalue weighted by Crippen LogP contribution is 2.69. The Balaban J connectivity index is 1.93. The third-order valence-electron chi connectivity index (χ3n) is 5.78. The van der Waals surface area contributed by atoms with Crippen molar-refractivity contribution in [2.45, 2.75) is 25.4 Å². The molecule has 4 nitrogen and oxygen atoms in total. The van der Waals surface area contributed by atoms with Crippen LogP contribution >= 0.6 is 7.44 Å². The fraction of sp³-hybridized carbons (Fsp3) is 0.240. The van der Waals surface area contributed by atoms with Gasteiger partial charge in [0.05, 0.1) is 18.1 Å². The third kappa shape index (κ3) is 3.62. The average Bonchev–Trinajstić information content (AvgIpc) is 2.79. The van der Waals surface area contributed by atoms with Gasteiger partial charge in [0.2, 0.25) is 0 Å². The lowest BCUT2D eigenvalue weighted by Gasteiger charge is -2.49. The monoisotopic (exact) mass is 415 g/mol. The van der Waals surface area contributed by atoms with Crippen LogP contribution in [0.15, 0.2) is 84.9 Å². The van der Waals surface area contributed by atoms with Gasteiger partial charge in [0.15, 0.2) is 0 Å². The fourth-order valence-corrected chi connectivity index (χ4v) is 8.06. The topological polar surface area (TPSA) is 47.3 Å². The van der Waals surface area contributed by atoms with E-state index in [9.17, 15) is 5.26 Å². The fourth-order valence-electron chi connectivity index (χ4n) is 4.37. The summed E-state index contributed by atoms with van der Waals surface area (Å²) in [5.74, 6) is 0. The highest BCUT2D eigenvalue weighted by molar-refractivity contribution is 7.67. The van der Waals surface area contributed by atoms with Gasteiger partial charge in [0.25, 0.3) is 7.44 Å². The van der Waals surface area contributed by atoms with Crippen LogP contribution in [0.5, 0.6) is 0 Å². The molecule has 0 N–H and O–H groups in total. The minimum atomic E-state index is -3.21. The summed E-state index contributed by atoms with van der Waals surface area (Å²) in [6.07, 6.45) is 1.11. The molecule has 1 atom stereocenters. The zero-order chi connectivity index (χ0) is 21.0. The molecule has 5 heteroatoms. The van der Waals surface area contributed by atoms with Crippen LogP contribution in [0.25, 0.3) is 0 Å². The van der Waals surface area contributed by atoms with Gasteiger partial charge in [0.1, 0.15) is 0 Å². The molecule has 1 aliphatic rings. The lowest BCUT2D eigenvalue weighted by molar-refractivity contribution is 0.546. The molecule has 4 rings (SSSR count). The van der Waals surface area contributed by atoms with E-state index in [2.05, 4.69) is 15.4 Å². The van der Waals surface area contributed by atoms with Crippen molar-refractivity contribution in [3.63, 3.8) is 0 Å². The number of nitriles is 1. The molecule has 1 unspecified atom stereocenters. The molecular formula is C25H26N3OP. The summed E-state index contributed by atoms with van der Waals surface area (Å²) in [6, 6.07) is 30.3. The molecule has 1 aliphatic heterocycles. The van der Waals surface area contributed by atoms with E-state index >= 15 is 4.57 Å². The minimum absolute atomic E-state index is 0.203. The molecule has 3 aromatic carbocycles. The highest BCUT2D eigenvalue weighted by Gasteiger charge is 2.48. The maximum atomic E-state index is 15.2. The van der Waals surface area contributed by atoms with Gasteiger partial charge in [0, 0.05) is 24.5 Å². The molecule has 3 aromatic rings. The second-order valence-corrected chi connectivity index (χ2v) is 10.4. The number of aryl methyl sites for hydroxylation is 1. The highest BCUT2D eigenvalue weighted by atomic mass is 31.2. The van der Waals surface area contributed by atoms with Crippen molar-refractivity contribution < 1.29 is 4.57 Å². The second-order valence-electron chi connectivity index (χ2n) is 7.59. The third-order valence-corrected chi connectivity index (χ3v) is 9.30. The molecule has 30 heavy (non-hydrogen) atoms. The first-order valence-corrected chi connectivity index (χ1v) is 12.0. The Bertz CT molecular complexity index is 1030. The molecule has 1 fully saturated rings. The van der Waals surface area contributed by atoms with Crippen molar-refractivity contribution in [3.05, 3.63) is 96.1 Å². The number of nitrogens with zero attached hydrogens (tertiary/aromatic N) is 3. The largest absolute Gasteiger partial charge is 0.306 e. The van der Waals surface area contributed by atoms with Gasteiger partial charge in [-0.1, -0.05) is 60.7 Å². The lowest BCUT2D eigenvalue weighted by atomic mass is 10.0. The maximum absolute atomic E-state index is 15.2. The van der Waals surface area contributed by atoms with E-state index in [0.717, 1.165) is 28.9 Å². The predicted molar refractivity (Wildman–Crippen MR) is 124 cm³/mol. The summed E-state index contributed by atoms with van der Waals surface area (Å²) in [6.45, 7) is 3.45. The maximum Gasteiger partial charge on any atom is 0.271 e. The Morgan fingerprint density at radius 1 is 0.867 bits per heavy atom. The van der Waals surface area contributed by atoms with Gasteiger partial charge in [-0.2, -0.15) is 5.26 Å². The normalized spacial score (nSPS) is 16.7. The Labute approximate surface area is 178 Å². The Morgan fingerprint density at radius 3 is 1.87 bits per heavy atom. The van der Waals surface area contributed by atoms with Crippen molar-refractivity contribution in [2.24, 2.45) is 0 Å². The molecule has 152 valence electrons. The molecular weight excluding hydrogens is 389 g/mol. The summed E-state index contributed by atoms with van der Waals surface area (Å²) < 4.78 is 19.4. The van der Waals surface area contributed by atoms with Gasteiger partial charge < -0.3 is 9.34 Å². The summed E-state index contributed by atoms with van der Waals surface area (Å²) in [7, 11) is -3.21. The van der Waals surface area contributed by atoms with Crippen LogP contribution in [0.1, 0.15) is 29.6 Å². The minimum Gasteiger partial charge on any atom is -0.306 e. The van der Waals surface area contributed by atoms with Gasteiger partial charge >= 0.3 is 0 Å². The van der Waals surface area contributed by atoms with E-state index in [1.807, 2.05) is 91.9 Å². The molecule has 0 spiro atoms. The summed E-state index contributed by atoms with van der Waals surface area (Å²) in [5, 5.41) is 9.74. The van der Waals surface area contributed by atoms with Crippen LogP contribution < -0.4 is 9.34 Å². The first-order chi connectivity index (χ1) is 14.7. The van der Waals surface area contributed by atoms with E-state index in [4.69, 9.17) is 0 Å². The molecule has 0 radical (unpaired) electrons. The zero-order valence-electron chi connectivity index (χ0n) is 17.2. The summed E-state index contributed by atoms with van der Waals surface area (Å²) >= 11 is 0. The van der Waals surface area contributed by atoms with Crippen LogP contribution in [-0.4, -0.2) is 13.1 Å². The smallest absolute Gasteiger partial charge is 0.271 e. The Hall–Kier alpha value is -3.02. The van der Waals surface area contributed by atoms with Crippen molar-refractivity contribution in [1.82, 2.24) is 0 Å². The van der Waals surface area contributed by atoms with Crippen LogP contribution in [0.4, 0.5) is 11.4 Å². The van der Waals surface area contributed by atoms with Crippen LogP contribution in [0.3, 0.4) is 0 Å². The SMILES string of the molecule is Cc1ccccc1C(CC#N)P1(=O)N(c2ccccc2)CCCN1c1ccccc1. The number of para-hydroxylation sites is 2. The average molecular weight is 415 g/mol. The number of anilines is 2. The van der Waals surface area contributed by atoms with Crippen LogP contribution in [0.2, 0.25) is 0 Å². The van der Waals surface area contributed by atoms with Crippen molar-refractivity contribution in [3.8, 4) is 6.07 Å². The number of hydrogen-bond donors (Lipinski definition) is 0. The quantitative estimate of drug-likeness (QED) is 0.443. The van der Waals surface area contributed by atoms with Gasteiger partial charge in [-0.25, -0.2) is 0 Å². The van der Waals surface area contributed by atoms with E-state index in [-0.39, 0.29) is 6.42 Å². The summed E-state index contributed by atoms with van der Waals surface area (Å²) in [4.78, 5) is 0. The predicted octanol–water partition coefficient (Wildman–Crippen LogP) is 6.56. The molecule has 0 bridgehead atoms. The van der Waals surface area contributed by atoms with Crippen molar-refractivity contribution in [2.75, 3.05) is 22.4 Å². The molecule has 1 heterocycles. The van der Waals surface area contributed by atoms with Gasteiger partial charge in [-0.3, -0.25) is 4.57 Å². The van der Waals surface area contributed by atoms with E-state index in [1.165, 1.54) is 0 Å². The van der Waals surface area contributed by atoms with Gasteiger partial charge in [-0.05, 0) is 48.7 Å². The number of hydrogen-bond acceptors (Lipinski definition) is 2. The standard InChI is InChI=1S/C25H26N3OP/c1-21-11-8-9-16-24(21)25(17-18-26)30(29)27(22-12-4-2-5-13-22)19-10-20-28(30)23-14-6-3-7-15-23/h2-9,11-16,25H,10,17,19-20H2,1H3. The van der Waals surface area contributed by atoms with E-state index < -0.39 is 13.1 Å². The Kier molecular flexibility index (Phi) is 5.93. The molecule has 0 aliphatic carbocycles. The Morgan fingerprint density at radius 2 is 1.37 bits per heavy atom. The van der Waals surface area contributed by atoms with Crippen LogP contribution in [-0.2, 0) is 4.57 Å². The summed E-state index contributed by atoms with van der Waals surface area (Å²) in [5.41, 5.74) is 3.55.